The molecule has 0 aliphatic carbocycles. The van der Waals surface area contributed by atoms with E-state index in [4.69, 9.17) is 10.7 Å². The summed E-state index contributed by atoms with van der Waals surface area (Å²) in [6.07, 6.45) is 2.03. The number of nitrogens with zero attached hydrogens (tertiary/aromatic N) is 1. The summed E-state index contributed by atoms with van der Waals surface area (Å²) in [5.74, 6) is 0. The fourth-order valence-electron chi connectivity index (χ4n) is 2.48. The second-order valence-electron chi connectivity index (χ2n) is 4.52. The summed E-state index contributed by atoms with van der Waals surface area (Å²) in [5, 5.41) is 2.51. The molecule has 0 spiro atoms. The second-order valence-corrected chi connectivity index (χ2v) is 4.52. The van der Waals surface area contributed by atoms with Crippen molar-refractivity contribution >= 4 is 21.8 Å². The largest absolute Gasteiger partial charge is 0.330 e. The Balaban J connectivity index is 2.34. The van der Waals surface area contributed by atoms with Crippen molar-refractivity contribution in [2.75, 3.05) is 6.54 Å². The summed E-state index contributed by atoms with van der Waals surface area (Å²) in [7, 11) is 0. The number of hydrogen-bond donors (Lipinski definition) is 1. The number of fused-ring (bicyclic) bond motifs is 2. The molecule has 18 heavy (non-hydrogen) atoms. The summed E-state index contributed by atoms with van der Waals surface area (Å²) in [6, 6.07) is 16.7. The van der Waals surface area contributed by atoms with Crippen molar-refractivity contribution in [1.82, 2.24) is 4.98 Å². The number of rotatable bonds is 3. The average molecular weight is 236 g/mol. The molecule has 2 N–H and O–H groups in total. The van der Waals surface area contributed by atoms with E-state index in [0.717, 1.165) is 30.4 Å². The molecular formula is C16H16N2. The van der Waals surface area contributed by atoms with E-state index in [2.05, 4.69) is 36.4 Å². The van der Waals surface area contributed by atoms with Crippen LogP contribution in [0.2, 0.25) is 0 Å². The van der Waals surface area contributed by atoms with Gasteiger partial charge < -0.3 is 5.73 Å². The lowest BCUT2D eigenvalue weighted by molar-refractivity contribution is 0.841. The molecule has 2 nitrogen and oxygen atoms in total. The minimum absolute atomic E-state index is 0.727. The van der Waals surface area contributed by atoms with Gasteiger partial charge in [-0.15, -0.1) is 0 Å². The van der Waals surface area contributed by atoms with Crippen LogP contribution in [0.25, 0.3) is 21.8 Å². The van der Waals surface area contributed by atoms with Crippen LogP contribution >= 0.6 is 0 Å². The van der Waals surface area contributed by atoms with E-state index in [9.17, 15) is 0 Å². The first-order valence-corrected chi connectivity index (χ1v) is 6.36. The van der Waals surface area contributed by atoms with Gasteiger partial charge in [0.05, 0.1) is 11.0 Å². The Kier molecular flexibility index (Phi) is 2.95. The topological polar surface area (TPSA) is 38.9 Å². The van der Waals surface area contributed by atoms with E-state index in [1.54, 1.807) is 0 Å². The molecule has 90 valence electrons. The van der Waals surface area contributed by atoms with Gasteiger partial charge >= 0.3 is 0 Å². The number of benzene rings is 2. The third-order valence-electron chi connectivity index (χ3n) is 3.33. The highest BCUT2D eigenvalue weighted by molar-refractivity contribution is 5.97. The lowest BCUT2D eigenvalue weighted by Gasteiger charge is -2.10. The van der Waals surface area contributed by atoms with Crippen molar-refractivity contribution in [2.24, 2.45) is 5.73 Å². The number of aromatic nitrogens is 1. The monoisotopic (exact) mass is 236 g/mol. The molecule has 0 saturated heterocycles. The smallest absolute Gasteiger partial charge is 0.0712 e. The lowest BCUT2D eigenvalue weighted by atomic mass is 9.99. The summed E-state index contributed by atoms with van der Waals surface area (Å²) in [6.45, 7) is 0.727. The maximum atomic E-state index is 5.65. The molecule has 0 aliphatic rings. The maximum absolute atomic E-state index is 5.65. The van der Waals surface area contributed by atoms with Crippen molar-refractivity contribution in [1.29, 1.82) is 0 Å². The van der Waals surface area contributed by atoms with Crippen molar-refractivity contribution in [3.63, 3.8) is 0 Å². The maximum Gasteiger partial charge on any atom is 0.0712 e. The fraction of sp³-hybridized carbons (Fsp3) is 0.188. The molecule has 1 aromatic heterocycles. The van der Waals surface area contributed by atoms with Crippen LogP contribution in [0.3, 0.4) is 0 Å². The van der Waals surface area contributed by atoms with Crippen LogP contribution in [0.15, 0.2) is 48.5 Å². The molecule has 0 fully saturated rings. The quantitative estimate of drug-likeness (QED) is 0.709. The van der Waals surface area contributed by atoms with Gasteiger partial charge in [0.15, 0.2) is 0 Å². The molecule has 2 aromatic carbocycles. The van der Waals surface area contributed by atoms with Crippen molar-refractivity contribution in [2.45, 2.75) is 12.8 Å². The number of nitrogens with two attached hydrogens (primary N) is 1. The Hall–Kier alpha value is -1.93. The van der Waals surface area contributed by atoms with Crippen LogP contribution in [0.5, 0.6) is 0 Å². The molecule has 0 amide bonds. The van der Waals surface area contributed by atoms with Gasteiger partial charge in [0.1, 0.15) is 0 Å². The lowest BCUT2D eigenvalue weighted by Crippen LogP contribution is -2.01. The van der Waals surface area contributed by atoms with Gasteiger partial charge in [-0.3, -0.25) is 0 Å². The molecule has 0 unspecified atom stereocenters. The van der Waals surface area contributed by atoms with Gasteiger partial charge in [0, 0.05) is 10.8 Å². The zero-order valence-corrected chi connectivity index (χ0v) is 10.3. The van der Waals surface area contributed by atoms with Gasteiger partial charge in [-0.05, 0) is 37.1 Å². The number of hydrogen-bond acceptors (Lipinski definition) is 2. The van der Waals surface area contributed by atoms with Crippen LogP contribution in [0, 0.1) is 0 Å². The molecule has 0 radical (unpaired) electrons. The second kappa shape index (κ2) is 4.75. The van der Waals surface area contributed by atoms with Crippen LogP contribution in [0.1, 0.15) is 12.0 Å². The fourth-order valence-corrected chi connectivity index (χ4v) is 2.48. The van der Waals surface area contributed by atoms with Gasteiger partial charge in [0.2, 0.25) is 0 Å². The zero-order valence-electron chi connectivity index (χ0n) is 10.3. The number of pyridine rings is 1. The molecule has 3 aromatic rings. The predicted octanol–water partition coefficient (Wildman–Crippen LogP) is 3.28. The summed E-state index contributed by atoms with van der Waals surface area (Å²) < 4.78 is 0. The van der Waals surface area contributed by atoms with Crippen LogP contribution in [0.4, 0.5) is 0 Å². The molecule has 0 aliphatic heterocycles. The number of para-hydroxylation sites is 2. The third kappa shape index (κ3) is 1.85. The molecule has 1 heterocycles. The van der Waals surface area contributed by atoms with E-state index in [-0.39, 0.29) is 0 Å². The summed E-state index contributed by atoms with van der Waals surface area (Å²) in [5.41, 5.74) is 9.17. The standard InChI is InChI=1S/C16H16N2/c17-11-5-8-12-13-6-1-3-9-15(13)18-16-10-4-2-7-14(12)16/h1-4,6-7,9-10H,5,8,11,17H2. The number of aryl methyl sites for hydroxylation is 1. The first kappa shape index (κ1) is 11.2. The summed E-state index contributed by atoms with van der Waals surface area (Å²) in [4.78, 5) is 4.72. The van der Waals surface area contributed by atoms with E-state index >= 15 is 0 Å². The van der Waals surface area contributed by atoms with E-state index in [1.165, 1.54) is 16.3 Å². The van der Waals surface area contributed by atoms with Gasteiger partial charge in [-0.1, -0.05) is 36.4 Å². The molecule has 0 bridgehead atoms. The molecule has 2 heteroatoms. The molecular weight excluding hydrogens is 220 g/mol. The minimum atomic E-state index is 0.727. The Morgan fingerprint density at radius 1 is 0.833 bits per heavy atom. The average Bonchev–Trinajstić information content (AvgIpc) is 2.43. The minimum Gasteiger partial charge on any atom is -0.330 e. The van der Waals surface area contributed by atoms with Crippen LogP contribution in [-0.4, -0.2) is 11.5 Å². The Bertz CT molecular complexity index is 635. The van der Waals surface area contributed by atoms with Gasteiger partial charge in [-0.2, -0.15) is 0 Å². The summed E-state index contributed by atoms with van der Waals surface area (Å²) >= 11 is 0. The zero-order chi connectivity index (χ0) is 12.4. The van der Waals surface area contributed by atoms with Gasteiger partial charge in [-0.25, -0.2) is 4.98 Å². The molecule has 0 saturated carbocycles. The Morgan fingerprint density at radius 3 is 1.94 bits per heavy atom. The van der Waals surface area contributed by atoms with E-state index in [0.29, 0.717) is 0 Å². The highest BCUT2D eigenvalue weighted by Gasteiger charge is 2.07. The Labute approximate surface area is 106 Å². The van der Waals surface area contributed by atoms with E-state index < -0.39 is 0 Å². The predicted molar refractivity (Wildman–Crippen MR) is 76.6 cm³/mol. The highest BCUT2D eigenvalue weighted by Crippen LogP contribution is 2.26. The highest BCUT2D eigenvalue weighted by atomic mass is 14.7. The third-order valence-corrected chi connectivity index (χ3v) is 3.33. The first-order valence-electron chi connectivity index (χ1n) is 6.36. The van der Waals surface area contributed by atoms with Crippen molar-refractivity contribution < 1.29 is 0 Å². The van der Waals surface area contributed by atoms with E-state index in [1.807, 2.05) is 12.1 Å². The van der Waals surface area contributed by atoms with Gasteiger partial charge in [0.25, 0.3) is 0 Å². The molecule has 3 rings (SSSR count). The van der Waals surface area contributed by atoms with Crippen LogP contribution < -0.4 is 5.73 Å². The van der Waals surface area contributed by atoms with Crippen LogP contribution in [-0.2, 0) is 6.42 Å². The van der Waals surface area contributed by atoms with Crippen molar-refractivity contribution in [3.8, 4) is 0 Å². The SMILES string of the molecule is NCCCc1c2ccccc2nc2ccccc12. The molecule has 0 atom stereocenters. The Morgan fingerprint density at radius 2 is 1.39 bits per heavy atom. The first-order chi connectivity index (χ1) is 8.90. The normalized spacial score (nSPS) is 11.2. The van der Waals surface area contributed by atoms with Crippen molar-refractivity contribution in [3.05, 3.63) is 54.1 Å².